The number of thiazole rings is 1. The first-order valence-corrected chi connectivity index (χ1v) is 6.52. The molecule has 0 atom stereocenters. The Hall–Kier alpha value is -1.01. The molecule has 0 radical (unpaired) electrons. The minimum absolute atomic E-state index is 0.442. The second-order valence-corrected chi connectivity index (χ2v) is 5.36. The van der Waals surface area contributed by atoms with Crippen LogP contribution in [0, 0.1) is 0 Å². The lowest BCUT2D eigenvalue weighted by Gasteiger charge is -2.00. The van der Waals surface area contributed by atoms with E-state index in [4.69, 9.17) is 0 Å². The Kier molecular flexibility index (Phi) is 3.50. The summed E-state index contributed by atoms with van der Waals surface area (Å²) < 4.78 is 0.861. The van der Waals surface area contributed by atoms with E-state index < -0.39 is 0 Å². The third-order valence-corrected chi connectivity index (χ3v) is 3.14. The molecule has 2 aromatic rings. The largest absolute Gasteiger partial charge is 0.300 e. The van der Waals surface area contributed by atoms with Crippen LogP contribution in [0.1, 0.15) is 25.5 Å². The molecule has 0 aromatic carbocycles. The molecule has 0 aliphatic carbocycles. The van der Waals surface area contributed by atoms with Crippen molar-refractivity contribution in [1.29, 1.82) is 0 Å². The van der Waals surface area contributed by atoms with Crippen molar-refractivity contribution < 1.29 is 0 Å². The number of nitrogens with zero attached hydrogens (tertiary/aromatic N) is 3. The number of rotatable bonds is 3. The lowest BCUT2D eigenvalue weighted by molar-refractivity contribution is 0.834. The Labute approximate surface area is 106 Å². The van der Waals surface area contributed by atoms with Crippen molar-refractivity contribution >= 4 is 38.3 Å². The summed E-state index contributed by atoms with van der Waals surface area (Å²) in [7, 11) is 0. The molecular weight excluding hydrogens is 288 g/mol. The topological polar surface area (TPSA) is 50.7 Å². The van der Waals surface area contributed by atoms with E-state index in [9.17, 15) is 0 Å². The third kappa shape index (κ3) is 2.76. The number of hydrogen-bond acceptors (Lipinski definition) is 5. The van der Waals surface area contributed by atoms with Gasteiger partial charge in [0.25, 0.3) is 0 Å². The summed E-state index contributed by atoms with van der Waals surface area (Å²) in [6.07, 6.45) is 3.40. The van der Waals surface area contributed by atoms with E-state index in [1.54, 1.807) is 23.7 Å². The molecular formula is C10H11BrN4S. The van der Waals surface area contributed by atoms with E-state index >= 15 is 0 Å². The van der Waals surface area contributed by atoms with Gasteiger partial charge < -0.3 is 5.32 Å². The molecule has 0 bridgehead atoms. The Morgan fingerprint density at radius 3 is 2.56 bits per heavy atom. The van der Waals surface area contributed by atoms with Crippen LogP contribution in [0.15, 0.2) is 22.2 Å². The number of aromatic nitrogens is 3. The third-order valence-electron chi connectivity index (χ3n) is 1.95. The average Bonchev–Trinajstić information content (AvgIpc) is 2.70. The zero-order chi connectivity index (χ0) is 11.5. The van der Waals surface area contributed by atoms with Gasteiger partial charge in [0.15, 0.2) is 5.13 Å². The number of halogens is 1. The van der Waals surface area contributed by atoms with Gasteiger partial charge in [0.2, 0.25) is 5.95 Å². The van der Waals surface area contributed by atoms with Gasteiger partial charge >= 0.3 is 0 Å². The van der Waals surface area contributed by atoms with Crippen LogP contribution in [0.3, 0.4) is 0 Å². The summed E-state index contributed by atoms with van der Waals surface area (Å²) >= 11 is 4.85. The van der Waals surface area contributed by atoms with Crippen LogP contribution in [-0.2, 0) is 0 Å². The summed E-state index contributed by atoms with van der Waals surface area (Å²) in [5, 5.41) is 5.94. The minimum atomic E-state index is 0.442. The van der Waals surface area contributed by atoms with Crippen molar-refractivity contribution in [1.82, 2.24) is 15.0 Å². The van der Waals surface area contributed by atoms with Gasteiger partial charge in [0, 0.05) is 17.8 Å². The average molecular weight is 299 g/mol. The molecule has 16 heavy (non-hydrogen) atoms. The zero-order valence-electron chi connectivity index (χ0n) is 8.94. The van der Waals surface area contributed by atoms with E-state index in [1.165, 1.54) is 0 Å². The van der Waals surface area contributed by atoms with Crippen molar-refractivity contribution in [2.24, 2.45) is 0 Å². The van der Waals surface area contributed by atoms with Crippen LogP contribution in [0.5, 0.6) is 0 Å². The Morgan fingerprint density at radius 1 is 1.31 bits per heavy atom. The molecule has 0 amide bonds. The van der Waals surface area contributed by atoms with Gasteiger partial charge in [-0.15, -0.1) is 11.3 Å². The molecule has 2 rings (SSSR count). The molecule has 0 fully saturated rings. The highest BCUT2D eigenvalue weighted by Crippen LogP contribution is 2.23. The molecule has 2 aromatic heterocycles. The molecule has 4 nitrogen and oxygen atoms in total. The Bertz CT molecular complexity index is 466. The smallest absolute Gasteiger partial charge is 0.228 e. The molecule has 0 aliphatic heterocycles. The lowest BCUT2D eigenvalue weighted by atomic mass is 10.2. The van der Waals surface area contributed by atoms with Gasteiger partial charge in [0.05, 0.1) is 10.2 Å². The number of nitrogens with one attached hydrogen (secondary N) is 1. The first kappa shape index (κ1) is 11.5. The molecule has 0 saturated carbocycles. The van der Waals surface area contributed by atoms with E-state index in [0.717, 1.165) is 15.3 Å². The second kappa shape index (κ2) is 4.88. The quantitative estimate of drug-likeness (QED) is 0.941. The highest BCUT2D eigenvalue weighted by molar-refractivity contribution is 9.10. The SMILES string of the molecule is CC(C)c1csc(Nc2ncc(Br)cn2)n1. The highest BCUT2D eigenvalue weighted by Gasteiger charge is 2.06. The summed E-state index contributed by atoms with van der Waals surface area (Å²) in [4.78, 5) is 12.7. The molecule has 6 heteroatoms. The van der Waals surface area contributed by atoms with Gasteiger partial charge in [-0.25, -0.2) is 15.0 Å². The van der Waals surface area contributed by atoms with Crippen LogP contribution in [0.25, 0.3) is 0 Å². The van der Waals surface area contributed by atoms with Crippen molar-refractivity contribution in [3.05, 3.63) is 27.9 Å². The predicted molar refractivity (Wildman–Crippen MR) is 69.2 cm³/mol. The molecule has 0 spiro atoms. The summed E-state index contributed by atoms with van der Waals surface area (Å²) in [5.41, 5.74) is 1.09. The van der Waals surface area contributed by atoms with Crippen LogP contribution < -0.4 is 5.32 Å². The van der Waals surface area contributed by atoms with Crippen molar-refractivity contribution in [2.75, 3.05) is 5.32 Å². The van der Waals surface area contributed by atoms with E-state index in [2.05, 4.69) is 50.0 Å². The molecule has 84 valence electrons. The number of anilines is 2. The van der Waals surface area contributed by atoms with Gasteiger partial charge in [-0.05, 0) is 21.8 Å². The summed E-state index contributed by atoms with van der Waals surface area (Å²) in [5.74, 6) is 1.01. The van der Waals surface area contributed by atoms with E-state index in [-0.39, 0.29) is 0 Å². The second-order valence-electron chi connectivity index (χ2n) is 3.58. The van der Waals surface area contributed by atoms with Gasteiger partial charge in [-0.2, -0.15) is 0 Å². The first-order chi connectivity index (χ1) is 7.65. The van der Waals surface area contributed by atoms with Gasteiger partial charge in [-0.1, -0.05) is 13.8 Å². The van der Waals surface area contributed by atoms with Crippen molar-refractivity contribution in [3.8, 4) is 0 Å². The normalized spacial score (nSPS) is 10.8. The maximum Gasteiger partial charge on any atom is 0.228 e. The van der Waals surface area contributed by atoms with Crippen LogP contribution in [-0.4, -0.2) is 15.0 Å². The fourth-order valence-corrected chi connectivity index (χ4v) is 2.15. The molecule has 0 aliphatic rings. The maximum atomic E-state index is 4.44. The predicted octanol–water partition coefficient (Wildman–Crippen LogP) is 3.56. The Morgan fingerprint density at radius 2 is 2.00 bits per heavy atom. The van der Waals surface area contributed by atoms with Gasteiger partial charge in [-0.3, -0.25) is 0 Å². The lowest BCUT2D eigenvalue weighted by Crippen LogP contribution is -1.96. The van der Waals surface area contributed by atoms with Crippen molar-refractivity contribution in [3.63, 3.8) is 0 Å². The fraction of sp³-hybridized carbons (Fsp3) is 0.300. The maximum absolute atomic E-state index is 4.44. The molecule has 2 heterocycles. The monoisotopic (exact) mass is 298 g/mol. The Balaban J connectivity index is 2.11. The van der Waals surface area contributed by atoms with Crippen LogP contribution in [0.4, 0.5) is 11.1 Å². The molecule has 1 N–H and O–H groups in total. The van der Waals surface area contributed by atoms with Crippen LogP contribution in [0.2, 0.25) is 0 Å². The fourth-order valence-electron chi connectivity index (χ4n) is 1.08. The zero-order valence-corrected chi connectivity index (χ0v) is 11.3. The minimum Gasteiger partial charge on any atom is -0.300 e. The van der Waals surface area contributed by atoms with E-state index in [1.807, 2.05) is 5.38 Å². The summed E-state index contributed by atoms with van der Waals surface area (Å²) in [6.45, 7) is 4.24. The highest BCUT2D eigenvalue weighted by atomic mass is 79.9. The number of hydrogen-bond donors (Lipinski definition) is 1. The molecule has 0 saturated heterocycles. The first-order valence-electron chi connectivity index (χ1n) is 4.85. The standard InChI is InChI=1S/C10H11BrN4S/c1-6(2)8-5-16-10(14-8)15-9-12-3-7(11)4-13-9/h3-6H,1-2H3,(H,12,13,14,15). The summed E-state index contributed by atoms with van der Waals surface area (Å²) in [6, 6.07) is 0. The molecule has 0 unspecified atom stereocenters. The van der Waals surface area contributed by atoms with E-state index in [0.29, 0.717) is 11.9 Å². The van der Waals surface area contributed by atoms with Crippen LogP contribution >= 0.6 is 27.3 Å². The van der Waals surface area contributed by atoms with Gasteiger partial charge in [0.1, 0.15) is 0 Å². The van der Waals surface area contributed by atoms with Crippen molar-refractivity contribution in [2.45, 2.75) is 19.8 Å².